The number of halogens is 1. The molecule has 7 heteroatoms. The maximum absolute atomic E-state index is 13.7. The fourth-order valence-electron chi connectivity index (χ4n) is 2.54. The standard InChI is InChI=1S/C17H18FN4OP/c18-16-8-6-15(7-9-16)14-19-22(17-4-2-1-3-5-17)24(23,20-10-11-20)21-12-13-21/h1-9,14H,10-13H2/b19-14+. The van der Waals surface area contributed by atoms with Crippen LogP contribution in [0.4, 0.5) is 10.1 Å². The summed E-state index contributed by atoms with van der Waals surface area (Å²) in [7, 11) is -2.89. The van der Waals surface area contributed by atoms with Gasteiger partial charge in [0.05, 0.1) is 11.9 Å². The van der Waals surface area contributed by atoms with Crippen molar-refractivity contribution < 1.29 is 8.96 Å². The second-order valence-electron chi connectivity index (χ2n) is 5.84. The lowest BCUT2D eigenvalue weighted by atomic mass is 10.2. The Hall–Kier alpha value is -2.01. The van der Waals surface area contributed by atoms with E-state index in [1.54, 1.807) is 23.1 Å². The van der Waals surface area contributed by atoms with Crippen LogP contribution in [0.5, 0.6) is 0 Å². The van der Waals surface area contributed by atoms with E-state index in [-0.39, 0.29) is 5.82 Å². The number of hydrazone groups is 1. The quantitative estimate of drug-likeness (QED) is 0.348. The first-order valence-corrected chi connectivity index (χ1v) is 9.50. The summed E-state index contributed by atoms with van der Waals surface area (Å²) < 4.78 is 32.3. The van der Waals surface area contributed by atoms with Crippen molar-refractivity contribution in [3.63, 3.8) is 0 Å². The van der Waals surface area contributed by atoms with Crippen LogP contribution in [0.2, 0.25) is 0 Å². The van der Waals surface area contributed by atoms with Gasteiger partial charge in [-0.25, -0.2) is 13.7 Å². The van der Waals surface area contributed by atoms with Gasteiger partial charge in [-0.15, -0.1) is 0 Å². The molecule has 4 rings (SSSR count). The average Bonchev–Trinajstić information content (AvgIpc) is 3.50. The van der Waals surface area contributed by atoms with Gasteiger partial charge >= 0.3 is 7.59 Å². The van der Waals surface area contributed by atoms with Crippen molar-refractivity contribution in [2.45, 2.75) is 0 Å². The number of rotatable bonds is 6. The van der Waals surface area contributed by atoms with E-state index in [0.717, 1.165) is 37.4 Å². The molecule has 0 unspecified atom stereocenters. The molecule has 0 spiro atoms. The molecule has 0 saturated carbocycles. The van der Waals surface area contributed by atoms with Gasteiger partial charge in [0.2, 0.25) is 0 Å². The van der Waals surface area contributed by atoms with Crippen molar-refractivity contribution in [2.75, 3.05) is 31.0 Å². The summed E-state index contributed by atoms with van der Waals surface area (Å²) in [5.41, 5.74) is 1.55. The number of nitrogens with zero attached hydrogens (tertiary/aromatic N) is 4. The smallest absolute Gasteiger partial charge is 0.262 e. The normalized spacial score (nSPS) is 18.0. The van der Waals surface area contributed by atoms with Crippen LogP contribution in [0.1, 0.15) is 5.56 Å². The summed E-state index contributed by atoms with van der Waals surface area (Å²) in [5, 5.41) is 4.53. The molecule has 2 heterocycles. The Kier molecular flexibility index (Phi) is 3.96. The van der Waals surface area contributed by atoms with Crippen LogP contribution < -0.4 is 4.78 Å². The van der Waals surface area contributed by atoms with Crippen LogP contribution in [0.25, 0.3) is 0 Å². The minimum atomic E-state index is -2.89. The molecule has 0 atom stereocenters. The molecule has 0 aliphatic carbocycles. The van der Waals surface area contributed by atoms with Gasteiger partial charge in [0, 0.05) is 26.2 Å². The topological polar surface area (TPSA) is 38.7 Å². The van der Waals surface area contributed by atoms with Crippen molar-refractivity contribution in [3.8, 4) is 0 Å². The molecule has 0 bridgehead atoms. The first-order valence-electron chi connectivity index (χ1n) is 7.94. The van der Waals surface area contributed by atoms with E-state index in [4.69, 9.17) is 0 Å². The Labute approximate surface area is 140 Å². The van der Waals surface area contributed by atoms with Gasteiger partial charge in [-0.05, 0) is 29.8 Å². The molecular weight excluding hydrogens is 326 g/mol. The Balaban J connectivity index is 1.71. The summed E-state index contributed by atoms with van der Waals surface area (Å²) >= 11 is 0. The zero-order chi connectivity index (χ0) is 16.6. The molecule has 2 aromatic carbocycles. The van der Waals surface area contributed by atoms with E-state index in [1.807, 2.05) is 39.7 Å². The van der Waals surface area contributed by atoms with Gasteiger partial charge in [0.15, 0.2) is 0 Å². The van der Waals surface area contributed by atoms with E-state index in [0.29, 0.717) is 0 Å². The molecular formula is C17H18FN4OP. The zero-order valence-corrected chi connectivity index (χ0v) is 14.0. The monoisotopic (exact) mass is 344 g/mol. The van der Waals surface area contributed by atoms with E-state index >= 15 is 0 Å². The Morgan fingerprint density at radius 1 is 0.958 bits per heavy atom. The highest BCUT2D eigenvalue weighted by Crippen LogP contribution is 2.64. The molecule has 0 amide bonds. The van der Waals surface area contributed by atoms with Gasteiger partial charge in [-0.1, -0.05) is 30.3 Å². The molecule has 124 valence electrons. The first-order chi connectivity index (χ1) is 11.7. The highest BCUT2D eigenvalue weighted by Gasteiger charge is 2.52. The predicted molar refractivity (Wildman–Crippen MR) is 93.7 cm³/mol. The zero-order valence-electron chi connectivity index (χ0n) is 13.1. The molecule has 2 aromatic rings. The number of hydrogen-bond acceptors (Lipinski definition) is 2. The third-order valence-corrected chi connectivity index (χ3v) is 7.11. The molecule has 2 saturated heterocycles. The van der Waals surface area contributed by atoms with Gasteiger partial charge in [0.1, 0.15) is 5.82 Å². The Morgan fingerprint density at radius 2 is 1.54 bits per heavy atom. The number of para-hydroxylation sites is 1. The van der Waals surface area contributed by atoms with Crippen molar-refractivity contribution in [2.24, 2.45) is 5.10 Å². The number of anilines is 1. The van der Waals surface area contributed by atoms with Gasteiger partial charge in [0.25, 0.3) is 0 Å². The van der Waals surface area contributed by atoms with E-state index in [2.05, 4.69) is 5.10 Å². The molecule has 2 aliphatic heterocycles. The highest BCUT2D eigenvalue weighted by molar-refractivity contribution is 7.61. The van der Waals surface area contributed by atoms with Gasteiger partial charge in [-0.3, -0.25) is 4.57 Å². The Morgan fingerprint density at radius 3 is 2.08 bits per heavy atom. The summed E-state index contributed by atoms with van der Waals surface area (Å²) in [5.74, 6) is -0.286. The summed E-state index contributed by atoms with van der Waals surface area (Å²) in [6.07, 6.45) is 1.63. The minimum absolute atomic E-state index is 0.286. The lowest BCUT2D eigenvalue weighted by Crippen LogP contribution is -2.23. The van der Waals surface area contributed by atoms with Gasteiger partial charge < -0.3 is 0 Å². The molecule has 0 radical (unpaired) electrons. The molecule has 0 N–H and O–H groups in total. The summed E-state index contributed by atoms with van der Waals surface area (Å²) in [6.45, 7) is 3.29. The van der Waals surface area contributed by atoms with Crippen LogP contribution in [0, 0.1) is 5.82 Å². The van der Waals surface area contributed by atoms with E-state index in [9.17, 15) is 8.96 Å². The van der Waals surface area contributed by atoms with Crippen molar-refractivity contribution in [1.29, 1.82) is 0 Å². The fraction of sp³-hybridized carbons (Fsp3) is 0.235. The predicted octanol–water partition coefficient (Wildman–Crippen LogP) is 3.41. The summed E-state index contributed by atoms with van der Waals surface area (Å²) in [4.78, 5) is 0. The molecule has 24 heavy (non-hydrogen) atoms. The first kappa shape index (κ1) is 15.5. The van der Waals surface area contributed by atoms with Crippen LogP contribution in [-0.4, -0.2) is 41.7 Å². The molecule has 5 nitrogen and oxygen atoms in total. The maximum Gasteiger partial charge on any atom is 0.331 e. The molecule has 0 aromatic heterocycles. The SMILES string of the molecule is O=P(N1CC1)(N1CC1)N(/N=C/c1ccc(F)cc1)c1ccccc1. The maximum atomic E-state index is 13.7. The van der Waals surface area contributed by atoms with Crippen molar-refractivity contribution in [1.82, 2.24) is 9.34 Å². The fourth-order valence-corrected chi connectivity index (χ4v) is 5.22. The second-order valence-corrected chi connectivity index (χ2v) is 8.38. The number of benzene rings is 2. The average molecular weight is 344 g/mol. The van der Waals surface area contributed by atoms with Crippen LogP contribution in [0.15, 0.2) is 59.7 Å². The molecule has 2 fully saturated rings. The third kappa shape index (κ3) is 3.00. The largest absolute Gasteiger partial charge is 0.331 e. The summed E-state index contributed by atoms with van der Waals surface area (Å²) in [6, 6.07) is 15.6. The van der Waals surface area contributed by atoms with E-state index < -0.39 is 7.59 Å². The van der Waals surface area contributed by atoms with Crippen molar-refractivity contribution >= 4 is 19.5 Å². The lowest BCUT2D eigenvalue weighted by Gasteiger charge is -2.30. The van der Waals surface area contributed by atoms with Crippen LogP contribution >= 0.6 is 7.59 Å². The molecule has 2 aliphatic rings. The second kappa shape index (κ2) is 6.13. The lowest BCUT2D eigenvalue weighted by molar-refractivity contribution is 0.514. The Bertz CT molecular complexity index is 772. The van der Waals surface area contributed by atoms with Crippen LogP contribution in [0.3, 0.4) is 0 Å². The van der Waals surface area contributed by atoms with E-state index in [1.165, 1.54) is 12.1 Å². The van der Waals surface area contributed by atoms with Crippen LogP contribution in [-0.2, 0) is 4.57 Å². The number of hydrogen-bond donors (Lipinski definition) is 0. The highest BCUT2D eigenvalue weighted by atomic mass is 31.2. The van der Waals surface area contributed by atoms with Gasteiger partial charge in [-0.2, -0.15) is 9.88 Å². The van der Waals surface area contributed by atoms with Crippen molar-refractivity contribution in [3.05, 3.63) is 66.0 Å². The minimum Gasteiger partial charge on any atom is -0.262 e. The third-order valence-electron chi connectivity index (χ3n) is 4.00.